The summed E-state index contributed by atoms with van der Waals surface area (Å²) in [4.78, 5) is 23.5. The fraction of sp³-hybridized carbons (Fsp3) is 0.391. The number of carbonyl (C=O) groups is 2. The van der Waals surface area contributed by atoms with Crippen LogP contribution in [0.2, 0.25) is 0 Å². The van der Waals surface area contributed by atoms with Gasteiger partial charge in [-0.3, -0.25) is 9.59 Å². The standard InChI is InChI=1S/C23H29NO5/c1-14(2)19-11-6-15(3)12-21(19)29-16(4)23(27)24-18-9-7-17(8-10-18)20(28-5)13-22(25)26/h6-12,14,16,20H,13H2,1-5H3,(H,24,27)(H,25,26). The van der Waals surface area contributed by atoms with Crippen molar-refractivity contribution < 1.29 is 24.2 Å². The van der Waals surface area contributed by atoms with Crippen LogP contribution in [0.15, 0.2) is 42.5 Å². The molecule has 156 valence electrons. The highest BCUT2D eigenvalue weighted by Crippen LogP contribution is 2.28. The number of anilines is 1. The Kier molecular flexibility index (Phi) is 7.79. The Bertz CT molecular complexity index is 845. The Balaban J connectivity index is 2.05. The molecule has 0 radical (unpaired) electrons. The topological polar surface area (TPSA) is 84.9 Å². The van der Waals surface area contributed by atoms with Gasteiger partial charge in [0.05, 0.1) is 12.5 Å². The normalized spacial score (nSPS) is 13.0. The van der Waals surface area contributed by atoms with Gasteiger partial charge in [0.25, 0.3) is 5.91 Å². The van der Waals surface area contributed by atoms with Crippen molar-refractivity contribution in [2.45, 2.75) is 52.2 Å². The quantitative estimate of drug-likeness (QED) is 0.639. The van der Waals surface area contributed by atoms with Gasteiger partial charge in [-0.25, -0.2) is 0 Å². The summed E-state index contributed by atoms with van der Waals surface area (Å²) in [6.07, 6.45) is -1.33. The number of rotatable bonds is 9. The molecule has 0 fully saturated rings. The molecular formula is C23H29NO5. The third kappa shape index (κ3) is 6.32. The predicted molar refractivity (Wildman–Crippen MR) is 112 cm³/mol. The van der Waals surface area contributed by atoms with Gasteiger partial charge in [0.1, 0.15) is 5.75 Å². The molecule has 2 aromatic rings. The van der Waals surface area contributed by atoms with E-state index in [0.29, 0.717) is 5.69 Å². The maximum absolute atomic E-state index is 12.6. The number of aryl methyl sites for hydroxylation is 1. The molecule has 0 aliphatic heterocycles. The number of carbonyl (C=O) groups excluding carboxylic acids is 1. The summed E-state index contributed by atoms with van der Waals surface area (Å²) in [7, 11) is 1.47. The zero-order valence-corrected chi connectivity index (χ0v) is 17.6. The summed E-state index contributed by atoms with van der Waals surface area (Å²) >= 11 is 0. The lowest BCUT2D eigenvalue weighted by atomic mass is 10.0. The van der Waals surface area contributed by atoms with Gasteiger partial charge in [0.2, 0.25) is 0 Å². The van der Waals surface area contributed by atoms with Crippen LogP contribution in [0.1, 0.15) is 55.9 Å². The van der Waals surface area contributed by atoms with Crippen LogP contribution >= 0.6 is 0 Å². The summed E-state index contributed by atoms with van der Waals surface area (Å²) in [5.74, 6) is -0.192. The highest BCUT2D eigenvalue weighted by atomic mass is 16.5. The number of methoxy groups -OCH3 is 1. The molecule has 0 aliphatic carbocycles. The van der Waals surface area contributed by atoms with Gasteiger partial charge in [-0.2, -0.15) is 0 Å². The second-order valence-corrected chi connectivity index (χ2v) is 7.39. The number of benzene rings is 2. The molecule has 6 heteroatoms. The molecule has 0 saturated heterocycles. The summed E-state index contributed by atoms with van der Waals surface area (Å²) in [5.41, 5.74) is 3.47. The van der Waals surface area contributed by atoms with Gasteiger partial charge < -0.3 is 19.9 Å². The van der Waals surface area contributed by atoms with Crippen molar-refractivity contribution >= 4 is 17.6 Å². The molecular weight excluding hydrogens is 370 g/mol. The number of carboxylic acids is 1. The van der Waals surface area contributed by atoms with Crippen molar-refractivity contribution in [1.82, 2.24) is 0 Å². The van der Waals surface area contributed by atoms with Crippen LogP contribution < -0.4 is 10.1 Å². The Morgan fingerprint density at radius 1 is 1.07 bits per heavy atom. The van der Waals surface area contributed by atoms with E-state index in [1.807, 2.05) is 25.1 Å². The van der Waals surface area contributed by atoms with Gasteiger partial charge in [-0.15, -0.1) is 0 Å². The van der Waals surface area contributed by atoms with Crippen molar-refractivity contribution in [3.05, 3.63) is 59.2 Å². The van der Waals surface area contributed by atoms with Crippen molar-refractivity contribution in [2.24, 2.45) is 0 Å². The van der Waals surface area contributed by atoms with Gasteiger partial charge in [0, 0.05) is 12.8 Å². The van der Waals surface area contributed by atoms with Crippen molar-refractivity contribution in [3.8, 4) is 5.75 Å². The fourth-order valence-electron chi connectivity index (χ4n) is 2.99. The lowest BCUT2D eigenvalue weighted by Crippen LogP contribution is -2.30. The highest BCUT2D eigenvalue weighted by Gasteiger charge is 2.19. The van der Waals surface area contributed by atoms with E-state index in [2.05, 4.69) is 19.2 Å². The van der Waals surface area contributed by atoms with Crippen LogP contribution in [0.4, 0.5) is 5.69 Å². The summed E-state index contributed by atoms with van der Waals surface area (Å²) in [6, 6.07) is 12.9. The van der Waals surface area contributed by atoms with Crippen LogP contribution in [0, 0.1) is 6.92 Å². The largest absolute Gasteiger partial charge is 0.481 e. The molecule has 0 saturated carbocycles. The van der Waals surface area contributed by atoms with Gasteiger partial charge in [-0.1, -0.05) is 38.1 Å². The molecule has 2 unspecified atom stereocenters. The summed E-state index contributed by atoms with van der Waals surface area (Å²) in [6.45, 7) is 7.87. The second kappa shape index (κ2) is 10.1. The SMILES string of the molecule is COC(CC(=O)O)c1ccc(NC(=O)C(C)Oc2cc(C)ccc2C(C)C)cc1. The van der Waals surface area contributed by atoms with E-state index in [1.165, 1.54) is 7.11 Å². The second-order valence-electron chi connectivity index (χ2n) is 7.39. The Morgan fingerprint density at radius 2 is 1.72 bits per heavy atom. The zero-order valence-electron chi connectivity index (χ0n) is 17.6. The Morgan fingerprint density at radius 3 is 2.28 bits per heavy atom. The highest BCUT2D eigenvalue weighted by molar-refractivity contribution is 5.94. The maximum atomic E-state index is 12.6. The van der Waals surface area contributed by atoms with E-state index < -0.39 is 18.2 Å². The van der Waals surface area contributed by atoms with E-state index in [9.17, 15) is 9.59 Å². The molecule has 2 aromatic carbocycles. The third-order valence-electron chi connectivity index (χ3n) is 4.66. The van der Waals surface area contributed by atoms with Crippen molar-refractivity contribution in [1.29, 1.82) is 0 Å². The van der Waals surface area contributed by atoms with Gasteiger partial charge in [0.15, 0.2) is 6.10 Å². The average Bonchev–Trinajstić information content (AvgIpc) is 2.66. The lowest BCUT2D eigenvalue weighted by molar-refractivity contribution is -0.139. The molecule has 0 aromatic heterocycles. The first-order valence-corrected chi connectivity index (χ1v) is 9.63. The van der Waals surface area contributed by atoms with Crippen LogP contribution in [-0.2, 0) is 14.3 Å². The van der Waals surface area contributed by atoms with E-state index in [4.69, 9.17) is 14.6 Å². The van der Waals surface area contributed by atoms with Gasteiger partial charge >= 0.3 is 5.97 Å². The monoisotopic (exact) mass is 399 g/mol. The number of carboxylic acid groups (broad SMARTS) is 1. The third-order valence-corrected chi connectivity index (χ3v) is 4.66. The first-order valence-electron chi connectivity index (χ1n) is 9.63. The lowest BCUT2D eigenvalue weighted by Gasteiger charge is -2.19. The minimum Gasteiger partial charge on any atom is -0.481 e. The molecule has 1 amide bonds. The van der Waals surface area contributed by atoms with E-state index in [0.717, 1.165) is 22.4 Å². The van der Waals surface area contributed by atoms with Crippen LogP contribution in [0.3, 0.4) is 0 Å². The molecule has 0 heterocycles. The van der Waals surface area contributed by atoms with E-state index in [-0.39, 0.29) is 18.2 Å². The molecule has 0 spiro atoms. The summed E-state index contributed by atoms with van der Waals surface area (Å²) in [5, 5.41) is 11.8. The minimum absolute atomic E-state index is 0.123. The number of hydrogen-bond acceptors (Lipinski definition) is 4. The average molecular weight is 399 g/mol. The van der Waals surface area contributed by atoms with E-state index in [1.54, 1.807) is 31.2 Å². The molecule has 2 N–H and O–H groups in total. The van der Waals surface area contributed by atoms with Crippen LogP contribution in [-0.4, -0.2) is 30.2 Å². The smallest absolute Gasteiger partial charge is 0.306 e. The molecule has 29 heavy (non-hydrogen) atoms. The number of hydrogen-bond donors (Lipinski definition) is 2. The Labute approximate surface area is 171 Å². The number of aliphatic carboxylic acids is 1. The molecule has 0 bridgehead atoms. The molecule has 6 nitrogen and oxygen atoms in total. The molecule has 0 aliphatic rings. The first-order chi connectivity index (χ1) is 13.7. The maximum Gasteiger partial charge on any atom is 0.306 e. The fourth-order valence-corrected chi connectivity index (χ4v) is 2.99. The minimum atomic E-state index is -0.933. The number of amides is 1. The number of nitrogens with one attached hydrogen (secondary N) is 1. The zero-order chi connectivity index (χ0) is 21.6. The Hall–Kier alpha value is -2.86. The van der Waals surface area contributed by atoms with E-state index >= 15 is 0 Å². The molecule has 2 rings (SSSR count). The predicted octanol–water partition coefficient (Wildman–Crippen LogP) is 4.69. The number of ether oxygens (including phenoxy) is 2. The first kappa shape index (κ1) is 22.4. The summed E-state index contributed by atoms with van der Waals surface area (Å²) < 4.78 is 11.2. The van der Waals surface area contributed by atoms with Crippen molar-refractivity contribution in [2.75, 3.05) is 12.4 Å². The van der Waals surface area contributed by atoms with Crippen LogP contribution in [0.5, 0.6) is 5.75 Å². The van der Waals surface area contributed by atoms with Gasteiger partial charge in [-0.05, 0) is 54.7 Å². The van der Waals surface area contributed by atoms with Crippen LogP contribution in [0.25, 0.3) is 0 Å². The van der Waals surface area contributed by atoms with Crippen molar-refractivity contribution in [3.63, 3.8) is 0 Å². The molecule has 2 atom stereocenters.